The van der Waals surface area contributed by atoms with Crippen LogP contribution >= 0.6 is 11.8 Å². The van der Waals surface area contributed by atoms with Crippen molar-refractivity contribution < 1.29 is 19.1 Å². The van der Waals surface area contributed by atoms with Gasteiger partial charge in [0.1, 0.15) is 6.61 Å². The molecule has 2 aromatic rings. The Labute approximate surface area is 143 Å². The van der Waals surface area contributed by atoms with Gasteiger partial charge in [-0.1, -0.05) is 12.1 Å². The number of carbonyl (C=O) groups is 3. The van der Waals surface area contributed by atoms with E-state index < -0.39 is 5.97 Å². The van der Waals surface area contributed by atoms with Crippen LogP contribution in [-0.2, 0) is 4.74 Å². The van der Waals surface area contributed by atoms with Gasteiger partial charge in [0, 0.05) is 4.90 Å². The molecule has 0 radical (unpaired) electrons. The van der Waals surface area contributed by atoms with E-state index in [1.807, 2.05) is 18.4 Å². The maximum atomic E-state index is 12.2. The minimum Gasteiger partial charge on any atom is -0.460 e. The van der Waals surface area contributed by atoms with Gasteiger partial charge in [0.15, 0.2) is 0 Å². The number of esters is 1. The molecule has 0 fully saturated rings. The summed E-state index contributed by atoms with van der Waals surface area (Å²) in [6, 6.07) is 13.7. The zero-order valence-corrected chi connectivity index (χ0v) is 13.8. The third-order valence-corrected chi connectivity index (χ3v) is 4.50. The van der Waals surface area contributed by atoms with Gasteiger partial charge in [-0.2, -0.15) is 0 Å². The van der Waals surface area contributed by atoms with Crippen molar-refractivity contribution >= 4 is 29.5 Å². The van der Waals surface area contributed by atoms with Crippen molar-refractivity contribution in [3.8, 4) is 0 Å². The predicted octanol–water partition coefficient (Wildman–Crippen LogP) is 2.86. The Morgan fingerprint density at radius 1 is 1.00 bits per heavy atom. The van der Waals surface area contributed by atoms with Crippen LogP contribution in [0.15, 0.2) is 53.4 Å². The van der Waals surface area contributed by atoms with E-state index in [1.165, 1.54) is 0 Å². The molecule has 24 heavy (non-hydrogen) atoms. The van der Waals surface area contributed by atoms with Gasteiger partial charge in [-0.3, -0.25) is 14.5 Å². The summed E-state index contributed by atoms with van der Waals surface area (Å²) < 4.78 is 5.17. The predicted molar refractivity (Wildman–Crippen MR) is 90.3 cm³/mol. The SMILES string of the molecule is CSc1ccc(C(=O)OCCN2C(=O)c3ccccc3C2=O)cc1. The van der Waals surface area contributed by atoms with Crippen LogP contribution in [0.4, 0.5) is 0 Å². The second-order valence-electron chi connectivity index (χ2n) is 5.17. The maximum absolute atomic E-state index is 12.2. The van der Waals surface area contributed by atoms with E-state index in [2.05, 4.69) is 0 Å². The molecule has 2 amide bonds. The first-order valence-corrected chi connectivity index (χ1v) is 8.60. The number of nitrogens with zero attached hydrogens (tertiary/aromatic N) is 1. The number of imide groups is 1. The minimum absolute atomic E-state index is 0.0332. The molecular weight excluding hydrogens is 326 g/mol. The Hall–Kier alpha value is -2.60. The third-order valence-electron chi connectivity index (χ3n) is 3.75. The fourth-order valence-corrected chi connectivity index (χ4v) is 2.89. The van der Waals surface area contributed by atoms with Crippen LogP contribution in [0.25, 0.3) is 0 Å². The molecule has 0 spiro atoms. The van der Waals surface area contributed by atoms with Crippen molar-refractivity contribution in [3.05, 3.63) is 65.2 Å². The Kier molecular flexibility index (Phi) is 4.66. The first-order chi connectivity index (χ1) is 11.6. The van der Waals surface area contributed by atoms with Crippen molar-refractivity contribution in [1.82, 2.24) is 4.90 Å². The molecule has 122 valence electrons. The number of hydrogen-bond acceptors (Lipinski definition) is 5. The standard InChI is InChI=1S/C18H15NO4S/c1-24-13-8-6-12(7-9-13)18(22)23-11-10-19-16(20)14-4-2-3-5-15(14)17(19)21/h2-9H,10-11H2,1H3. The number of thioether (sulfide) groups is 1. The molecule has 0 bridgehead atoms. The molecule has 0 aliphatic carbocycles. The smallest absolute Gasteiger partial charge is 0.338 e. The van der Waals surface area contributed by atoms with Crippen LogP contribution < -0.4 is 0 Å². The molecule has 0 saturated heterocycles. The monoisotopic (exact) mass is 341 g/mol. The highest BCUT2D eigenvalue weighted by Crippen LogP contribution is 2.22. The highest BCUT2D eigenvalue weighted by molar-refractivity contribution is 7.98. The van der Waals surface area contributed by atoms with E-state index in [4.69, 9.17) is 4.74 Å². The van der Waals surface area contributed by atoms with E-state index in [0.717, 1.165) is 9.80 Å². The van der Waals surface area contributed by atoms with E-state index >= 15 is 0 Å². The number of fused-ring (bicyclic) bond motifs is 1. The maximum Gasteiger partial charge on any atom is 0.338 e. The summed E-state index contributed by atoms with van der Waals surface area (Å²) in [4.78, 5) is 38.5. The second kappa shape index (κ2) is 6.88. The summed E-state index contributed by atoms with van der Waals surface area (Å²) in [5.41, 5.74) is 1.22. The lowest BCUT2D eigenvalue weighted by atomic mass is 10.1. The topological polar surface area (TPSA) is 63.7 Å². The lowest BCUT2D eigenvalue weighted by Gasteiger charge is -2.13. The highest BCUT2D eigenvalue weighted by atomic mass is 32.2. The van der Waals surface area contributed by atoms with Crippen molar-refractivity contribution in [2.75, 3.05) is 19.4 Å². The third kappa shape index (κ3) is 3.05. The molecular formula is C18H15NO4S. The molecule has 3 rings (SSSR count). The first kappa shape index (κ1) is 16.3. The second-order valence-corrected chi connectivity index (χ2v) is 6.05. The van der Waals surface area contributed by atoms with Gasteiger partial charge >= 0.3 is 5.97 Å². The Morgan fingerprint density at radius 3 is 2.12 bits per heavy atom. The summed E-state index contributed by atoms with van der Waals surface area (Å²) in [7, 11) is 0. The summed E-state index contributed by atoms with van der Waals surface area (Å²) in [6.07, 6.45) is 1.95. The summed E-state index contributed by atoms with van der Waals surface area (Å²) in [5, 5.41) is 0. The van der Waals surface area contributed by atoms with Crippen LogP contribution in [0, 0.1) is 0 Å². The fraction of sp³-hybridized carbons (Fsp3) is 0.167. The number of amides is 2. The zero-order chi connectivity index (χ0) is 17.1. The summed E-state index contributed by atoms with van der Waals surface area (Å²) in [6.45, 7) is 0.00949. The van der Waals surface area contributed by atoms with E-state index in [0.29, 0.717) is 16.7 Å². The average Bonchev–Trinajstić information content (AvgIpc) is 2.87. The molecule has 5 nitrogen and oxygen atoms in total. The fourth-order valence-electron chi connectivity index (χ4n) is 2.48. The van der Waals surface area contributed by atoms with Crippen LogP contribution in [0.1, 0.15) is 31.1 Å². The van der Waals surface area contributed by atoms with E-state index in [1.54, 1.807) is 48.2 Å². The molecule has 0 aromatic heterocycles. The quantitative estimate of drug-likeness (QED) is 0.475. The van der Waals surface area contributed by atoms with Crippen molar-refractivity contribution in [2.24, 2.45) is 0 Å². The molecule has 1 heterocycles. The van der Waals surface area contributed by atoms with Crippen molar-refractivity contribution in [1.29, 1.82) is 0 Å². The summed E-state index contributed by atoms with van der Waals surface area (Å²) >= 11 is 1.58. The highest BCUT2D eigenvalue weighted by Gasteiger charge is 2.34. The molecule has 6 heteroatoms. The van der Waals surface area contributed by atoms with Crippen molar-refractivity contribution in [2.45, 2.75) is 4.90 Å². The number of carbonyl (C=O) groups excluding carboxylic acids is 3. The first-order valence-electron chi connectivity index (χ1n) is 7.38. The number of benzene rings is 2. The van der Waals surface area contributed by atoms with Crippen LogP contribution in [0.5, 0.6) is 0 Å². The van der Waals surface area contributed by atoms with Gasteiger partial charge in [0.2, 0.25) is 0 Å². The van der Waals surface area contributed by atoms with Crippen LogP contribution in [0.2, 0.25) is 0 Å². The lowest BCUT2D eigenvalue weighted by Crippen LogP contribution is -2.33. The van der Waals surface area contributed by atoms with E-state index in [9.17, 15) is 14.4 Å². The number of ether oxygens (including phenoxy) is 1. The molecule has 0 N–H and O–H groups in total. The molecule has 1 aliphatic heterocycles. The molecule has 0 saturated carbocycles. The Balaban J connectivity index is 1.58. The normalized spacial score (nSPS) is 13.1. The molecule has 2 aromatic carbocycles. The van der Waals surface area contributed by atoms with Gasteiger partial charge in [0.05, 0.1) is 23.2 Å². The summed E-state index contributed by atoms with van der Waals surface area (Å²) in [5.74, 6) is -1.17. The van der Waals surface area contributed by atoms with Gasteiger partial charge in [-0.25, -0.2) is 4.79 Å². The zero-order valence-electron chi connectivity index (χ0n) is 13.0. The van der Waals surface area contributed by atoms with Gasteiger partial charge < -0.3 is 4.74 Å². The van der Waals surface area contributed by atoms with Gasteiger partial charge in [-0.15, -0.1) is 11.8 Å². The molecule has 1 aliphatic rings. The minimum atomic E-state index is -0.473. The van der Waals surface area contributed by atoms with Crippen LogP contribution in [-0.4, -0.2) is 42.1 Å². The van der Waals surface area contributed by atoms with Gasteiger partial charge in [0.25, 0.3) is 11.8 Å². The number of rotatable bonds is 5. The van der Waals surface area contributed by atoms with E-state index in [-0.39, 0.29) is 25.0 Å². The van der Waals surface area contributed by atoms with Crippen molar-refractivity contribution in [3.63, 3.8) is 0 Å². The molecule has 0 unspecified atom stereocenters. The lowest BCUT2D eigenvalue weighted by molar-refractivity contribution is 0.0420. The van der Waals surface area contributed by atoms with Gasteiger partial charge in [-0.05, 0) is 42.7 Å². The molecule has 0 atom stereocenters. The average molecular weight is 341 g/mol. The Morgan fingerprint density at radius 2 is 1.58 bits per heavy atom. The number of hydrogen-bond donors (Lipinski definition) is 0. The Bertz CT molecular complexity index is 766. The largest absolute Gasteiger partial charge is 0.460 e. The van der Waals surface area contributed by atoms with Crippen LogP contribution in [0.3, 0.4) is 0 Å².